The maximum absolute atomic E-state index is 10.9. The first-order valence-corrected chi connectivity index (χ1v) is 9.21. The molecule has 4 heteroatoms. The first-order valence-electron chi connectivity index (χ1n) is 9.21. The van der Waals surface area contributed by atoms with Crippen molar-refractivity contribution in [2.24, 2.45) is 0 Å². The molecular weight excluding hydrogens is 292 g/mol. The van der Waals surface area contributed by atoms with Crippen LogP contribution >= 0.6 is 0 Å². The summed E-state index contributed by atoms with van der Waals surface area (Å²) in [7, 11) is 1.41. The van der Waals surface area contributed by atoms with Crippen molar-refractivity contribution in [3.8, 4) is 0 Å². The molecule has 0 radical (unpaired) electrons. The van der Waals surface area contributed by atoms with E-state index in [0.717, 1.165) is 44.9 Å². The predicted molar refractivity (Wildman–Crippen MR) is 94.2 cm³/mol. The normalized spacial score (nSPS) is 14.1. The molecule has 0 unspecified atom stereocenters. The molecular formula is C19H36O4. The fourth-order valence-electron chi connectivity index (χ4n) is 2.48. The average Bonchev–Trinajstić information content (AvgIpc) is 2.56. The maximum Gasteiger partial charge on any atom is 0.305 e. The molecule has 0 amide bonds. The molecule has 0 aromatic carbocycles. The van der Waals surface area contributed by atoms with Gasteiger partial charge in [0.25, 0.3) is 0 Å². The molecule has 0 aliphatic rings. The smallest absolute Gasteiger partial charge is 0.305 e. The molecule has 0 fully saturated rings. The van der Waals surface area contributed by atoms with Crippen LogP contribution in [-0.2, 0) is 9.53 Å². The second kappa shape index (κ2) is 16.0. The molecule has 136 valence electrons. The van der Waals surface area contributed by atoms with Crippen molar-refractivity contribution in [2.45, 2.75) is 96.2 Å². The number of carbonyl (C=O) groups is 1. The van der Waals surface area contributed by atoms with Crippen molar-refractivity contribution < 1.29 is 19.7 Å². The van der Waals surface area contributed by atoms with Gasteiger partial charge in [0.1, 0.15) is 0 Å². The Labute approximate surface area is 141 Å². The summed E-state index contributed by atoms with van der Waals surface area (Å²) in [5.41, 5.74) is 0. The SMILES string of the molecule is CCCCCC/C=C/[C@@H](O)[C@@H](O)CCCCCCCC(=O)OC. The number of unbranched alkanes of at least 4 members (excludes halogenated alkanes) is 8. The molecule has 2 atom stereocenters. The largest absolute Gasteiger partial charge is 0.469 e. The zero-order chi connectivity index (χ0) is 17.3. The van der Waals surface area contributed by atoms with Gasteiger partial charge in [-0.2, -0.15) is 0 Å². The zero-order valence-electron chi connectivity index (χ0n) is 15.0. The third-order valence-electron chi connectivity index (χ3n) is 4.06. The second-order valence-electron chi connectivity index (χ2n) is 6.22. The summed E-state index contributed by atoms with van der Waals surface area (Å²) < 4.78 is 4.59. The fraction of sp³-hybridized carbons (Fsp3) is 0.842. The summed E-state index contributed by atoms with van der Waals surface area (Å²) in [6.45, 7) is 2.19. The molecule has 2 N–H and O–H groups in total. The second-order valence-corrected chi connectivity index (χ2v) is 6.22. The molecule has 0 aliphatic heterocycles. The van der Waals surface area contributed by atoms with Gasteiger partial charge in [-0.15, -0.1) is 0 Å². The number of ether oxygens (including phenoxy) is 1. The number of hydrogen-bond donors (Lipinski definition) is 2. The number of methoxy groups -OCH3 is 1. The van der Waals surface area contributed by atoms with Gasteiger partial charge in [-0.3, -0.25) is 4.79 Å². The number of aliphatic hydroxyl groups excluding tert-OH is 2. The number of allylic oxidation sites excluding steroid dienone is 1. The van der Waals surface area contributed by atoms with Crippen LogP contribution in [0.15, 0.2) is 12.2 Å². The minimum Gasteiger partial charge on any atom is -0.469 e. The molecule has 0 heterocycles. The molecule has 0 aliphatic carbocycles. The van der Waals surface area contributed by atoms with Crippen LogP contribution in [0.5, 0.6) is 0 Å². The van der Waals surface area contributed by atoms with Gasteiger partial charge in [-0.1, -0.05) is 64.0 Å². The van der Waals surface area contributed by atoms with Crippen LogP contribution < -0.4 is 0 Å². The maximum atomic E-state index is 10.9. The molecule has 4 nitrogen and oxygen atoms in total. The van der Waals surface area contributed by atoms with E-state index in [4.69, 9.17) is 0 Å². The van der Waals surface area contributed by atoms with Crippen LogP contribution in [0.2, 0.25) is 0 Å². The van der Waals surface area contributed by atoms with Crippen LogP contribution in [0.4, 0.5) is 0 Å². The number of aliphatic hydroxyl groups is 2. The standard InChI is InChI=1S/C19H36O4/c1-3-4-5-6-8-11-14-17(20)18(21)15-12-9-7-10-13-16-19(22)23-2/h11,14,17-18,20-21H,3-10,12-13,15-16H2,1-2H3/b14-11+/t17-,18+/m1/s1. The molecule has 23 heavy (non-hydrogen) atoms. The quantitative estimate of drug-likeness (QED) is 0.269. The number of carbonyl (C=O) groups excluding carboxylic acids is 1. The predicted octanol–water partition coefficient (Wildman–Crippen LogP) is 4.14. The highest BCUT2D eigenvalue weighted by Crippen LogP contribution is 2.12. The van der Waals surface area contributed by atoms with E-state index >= 15 is 0 Å². The van der Waals surface area contributed by atoms with Crippen molar-refractivity contribution >= 4 is 5.97 Å². The van der Waals surface area contributed by atoms with Crippen LogP contribution in [-0.4, -0.2) is 35.5 Å². The van der Waals surface area contributed by atoms with Gasteiger partial charge in [0.05, 0.1) is 19.3 Å². The Morgan fingerprint density at radius 1 is 1.00 bits per heavy atom. The van der Waals surface area contributed by atoms with E-state index in [9.17, 15) is 15.0 Å². The Hall–Kier alpha value is -0.870. The molecule has 0 saturated carbocycles. The monoisotopic (exact) mass is 328 g/mol. The van der Waals surface area contributed by atoms with E-state index in [1.807, 2.05) is 6.08 Å². The lowest BCUT2D eigenvalue weighted by atomic mass is 10.0. The van der Waals surface area contributed by atoms with Gasteiger partial charge >= 0.3 is 5.97 Å². The highest BCUT2D eigenvalue weighted by molar-refractivity contribution is 5.68. The summed E-state index contributed by atoms with van der Waals surface area (Å²) in [4.78, 5) is 10.9. The highest BCUT2D eigenvalue weighted by Gasteiger charge is 2.12. The van der Waals surface area contributed by atoms with E-state index in [2.05, 4.69) is 11.7 Å². The van der Waals surface area contributed by atoms with Crippen molar-refractivity contribution in [1.82, 2.24) is 0 Å². The van der Waals surface area contributed by atoms with E-state index in [-0.39, 0.29) is 5.97 Å². The lowest BCUT2D eigenvalue weighted by molar-refractivity contribution is -0.140. The van der Waals surface area contributed by atoms with E-state index < -0.39 is 12.2 Å². The minimum absolute atomic E-state index is 0.148. The Balaban J connectivity index is 3.51. The van der Waals surface area contributed by atoms with Crippen molar-refractivity contribution in [3.63, 3.8) is 0 Å². The highest BCUT2D eigenvalue weighted by atomic mass is 16.5. The van der Waals surface area contributed by atoms with Gasteiger partial charge in [0.15, 0.2) is 0 Å². The van der Waals surface area contributed by atoms with Crippen LogP contribution in [0.3, 0.4) is 0 Å². The van der Waals surface area contributed by atoms with Crippen molar-refractivity contribution in [2.75, 3.05) is 7.11 Å². The summed E-state index contributed by atoms with van der Waals surface area (Å²) >= 11 is 0. The Morgan fingerprint density at radius 3 is 2.35 bits per heavy atom. The lowest BCUT2D eigenvalue weighted by Gasteiger charge is -2.14. The lowest BCUT2D eigenvalue weighted by Crippen LogP contribution is -2.23. The summed E-state index contributed by atoms with van der Waals surface area (Å²) in [5, 5.41) is 19.8. The van der Waals surface area contributed by atoms with Gasteiger partial charge in [0.2, 0.25) is 0 Å². The molecule has 0 aromatic heterocycles. The fourth-order valence-corrected chi connectivity index (χ4v) is 2.48. The molecule has 0 bridgehead atoms. The Kier molecular flexibility index (Phi) is 15.4. The third kappa shape index (κ3) is 14.5. The van der Waals surface area contributed by atoms with E-state index in [1.165, 1.54) is 26.4 Å². The zero-order valence-corrected chi connectivity index (χ0v) is 15.0. The summed E-state index contributed by atoms with van der Waals surface area (Å²) in [6.07, 6.45) is 14.1. The summed E-state index contributed by atoms with van der Waals surface area (Å²) in [5.74, 6) is -0.148. The first kappa shape index (κ1) is 22.1. The number of rotatable bonds is 15. The van der Waals surface area contributed by atoms with Crippen molar-refractivity contribution in [3.05, 3.63) is 12.2 Å². The summed E-state index contributed by atoms with van der Waals surface area (Å²) in [6, 6.07) is 0. The van der Waals surface area contributed by atoms with Gasteiger partial charge in [-0.05, 0) is 25.7 Å². The third-order valence-corrected chi connectivity index (χ3v) is 4.06. The van der Waals surface area contributed by atoms with E-state index in [1.54, 1.807) is 6.08 Å². The van der Waals surface area contributed by atoms with Gasteiger partial charge in [-0.25, -0.2) is 0 Å². The number of esters is 1. The topological polar surface area (TPSA) is 66.8 Å². The molecule has 0 saturated heterocycles. The number of hydrogen-bond acceptors (Lipinski definition) is 4. The minimum atomic E-state index is -0.750. The van der Waals surface area contributed by atoms with E-state index in [0.29, 0.717) is 12.8 Å². The first-order chi connectivity index (χ1) is 11.1. The molecule has 0 rings (SSSR count). The van der Waals surface area contributed by atoms with Crippen molar-refractivity contribution in [1.29, 1.82) is 0 Å². The van der Waals surface area contributed by atoms with Gasteiger partial charge < -0.3 is 14.9 Å². The Morgan fingerprint density at radius 2 is 1.65 bits per heavy atom. The Bertz CT molecular complexity index is 302. The van der Waals surface area contributed by atoms with Crippen LogP contribution in [0, 0.1) is 0 Å². The van der Waals surface area contributed by atoms with Crippen LogP contribution in [0.1, 0.15) is 84.0 Å². The van der Waals surface area contributed by atoms with Gasteiger partial charge in [0, 0.05) is 6.42 Å². The van der Waals surface area contributed by atoms with Crippen LogP contribution in [0.25, 0.3) is 0 Å². The molecule has 0 spiro atoms. The average molecular weight is 328 g/mol. The molecule has 0 aromatic rings.